The lowest BCUT2D eigenvalue weighted by molar-refractivity contribution is -0.117. The van der Waals surface area contributed by atoms with Crippen molar-refractivity contribution in [3.8, 4) is 5.75 Å². The van der Waals surface area contributed by atoms with E-state index in [2.05, 4.69) is 5.32 Å². The zero-order valence-corrected chi connectivity index (χ0v) is 12.4. The lowest BCUT2D eigenvalue weighted by Crippen LogP contribution is -2.20. The Morgan fingerprint density at radius 3 is 2.59 bits per heavy atom. The third kappa shape index (κ3) is 2.53. The molecule has 2 amide bonds. The Bertz CT molecular complexity index is 738. The lowest BCUT2D eigenvalue weighted by atomic mass is 10.1. The number of carbonyl (C=O) groups is 2. The van der Waals surface area contributed by atoms with Crippen molar-refractivity contribution in [2.75, 3.05) is 24.4 Å². The van der Waals surface area contributed by atoms with E-state index in [-0.39, 0.29) is 11.8 Å². The second-order valence-corrected chi connectivity index (χ2v) is 5.16. The van der Waals surface area contributed by atoms with Gasteiger partial charge in [0.1, 0.15) is 5.75 Å². The summed E-state index contributed by atoms with van der Waals surface area (Å²) in [6, 6.07) is 12.4. The molecule has 3 rings (SSSR count). The fourth-order valence-electron chi connectivity index (χ4n) is 2.49. The number of nitrogens with one attached hydrogen (secondary N) is 1. The molecule has 0 saturated carbocycles. The summed E-state index contributed by atoms with van der Waals surface area (Å²) < 4.78 is 5.08. The number of amides is 2. The maximum Gasteiger partial charge on any atom is 0.255 e. The Morgan fingerprint density at radius 2 is 1.91 bits per heavy atom. The molecule has 0 unspecified atom stereocenters. The largest absolute Gasteiger partial charge is 0.497 e. The van der Waals surface area contributed by atoms with Gasteiger partial charge in [-0.15, -0.1) is 0 Å². The minimum atomic E-state index is -0.199. The van der Waals surface area contributed by atoms with Gasteiger partial charge < -0.3 is 15.0 Å². The monoisotopic (exact) mass is 296 g/mol. The van der Waals surface area contributed by atoms with Crippen LogP contribution in [0.15, 0.2) is 42.5 Å². The minimum Gasteiger partial charge on any atom is -0.497 e. The molecule has 0 aliphatic carbocycles. The van der Waals surface area contributed by atoms with Crippen LogP contribution in [0.4, 0.5) is 11.4 Å². The number of methoxy groups -OCH3 is 1. The highest BCUT2D eigenvalue weighted by molar-refractivity contribution is 6.06. The van der Waals surface area contributed by atoms with Crippen molar-refractivity contribution in [3.05, 3.63) is 53.6 Å². The van der Waals surface area contributed by atoms with Gasteiger partial charge in [0.2, 0.25) is 5.91 Å². The number of benzene rings is 2. The lowest BCUT2D eigenvalue weighted by Gasteiger charge is -2.11. The van der Waals surface area contributed by atoms with Crippen molar-refractivity contribution < 1.29 is 14.3 Å². The molecule has 1 heterocycles. The second kappa shape index (κ2) is 5.52. The van der Waals surface area contributed by atoms with Crippen LogP contribution in [0.25, 0.3) is 0 Å². The molecular weight excluding hydrogens is 280 g/mol. The summed E-state index contributed by atoms with van der Waals surface area (Å²) in [6.45, 7) is 0. The maximum absolute atomic E-state index is 12.3. The van der Waals surface area contributed by atoms with Crippen LogP contribution in [0.3, 0.4) is 0 Å². The molecule has 0 atom stereocenters. The number of hydrogen-bond donors (Lipinski definition) is 1. The molecule has 22 heavy (non-hydrogen) atoms. The molecule has 5 heteroatoms. The van der Waals surface area contributed by atoms with Crippen LogP contribution in [0.1, 0.15) is 15.9 Å². The Morgan fingerprint density at radius 1 is 1.18 bits per heavy atom. The van der Waals surface area contributed by atoms with Crippen LogP contribution in [-0.2, 0) is 11.2 Å². The number of fused-ring (bicyclic) bond motifs is 1. The molecule has 1 aliphatic heterocycles. The van der Waals surface area contributed by atoms with Crippen molar-refractivity contribution >= 4 is 23.2 Å². The first-order valence-electron chi connectivity index (χ1n) is 6.93. The zero-order chi connectivity index (χ0) is 15.7. The van der Waals surface area contributed by atoms with Gasteiger partial charge in [0.15, 0.2) is 0 Å². The quantitative estimate of drug-likeness (QED) is 0.946. The number of nitrogens with zero attached hydrogens (tertiary/aromatic N) is 1. The van der Waals surface area contributed by atoms with Crippen molar-refractivity contribution in [1.82, 2.24) is 0 Å². The maximum atomic E-state index is 12.3. The highest BCUT2D eigenvalue weighted by atomic mass is 16.5. The molecule has 2 aromatic carbocycles. The molecule has 112 valence electrons. The van der Waals surface area contributed by atoms with E-state index in [9.17, 15) is 9.59 Å². The standard InChI is InChI=1S/C17H16N2O3/c1-19-15-8-3-11(9-12(15)10-16(19)20)17(21)18-13-4-6-14(22-2)7-5-13/h3-9H,10H2,1-2H3,(H,18,21). The first-order valence-corrected chi connectivity index (χ1v) is 6.93. The van der Waals surface area contributed by atoms with E-state index in [4.69, 9.17) is 4.74 Å². The van der Waals surface area contributed by atoms with Crippen molar-refractivity contribution in [2.45, 2.75) is 6.42 Å². The molecule has 5 nitrogen and oxygen atoms in total. The predicted molar refractivity (Wildman–Crippen MR) is 84.5 cm³/mol. The molecule has 0 radical (unpaired) electrons. The summed E-state index contributed by atoms with van der Waals surface area (Å²) in [5, 5.41) is 2.83. The van der Waals surface area contributed by atoms with Crippen LogP contribution in [0.5, 0.6) is 5.75 Å². The van der Waals surface area contributed by atoms with E-state index in [0.717, 1.165) is 17.0 Å². The Kier molecular flexibility index (Phi) is 3.55. The third-order valence-corrected chi connectivity index (χ3v) is 3.77. The van der Waals surface area contributed by atoms with Gasteiger partial charge in [-0.2, -0.15) is 0 Å². The van der Waals surface area contributed by atoms with Gasteiger partial charge in [-0.25, -0.2) is 0 Å². The highest BCUT2D eigenvalue weighted by Crippen LogP contribution is 2.28. The average Bonchev–Trinajstić information content (AvgIpc) is 2.82. The molecule has 0 saturated heterocycles. The second-order valence-electron chi connectivity index (χ2n) is 5.16. The number of carbonyl (C=O) groups excluding carboxylic acids is 2. The summed E-state index contributed by atoms with van der Waals surface area (Å²) in [7, 11) is 3.34. The Balaban J connectivity index is 1.78. The van der Waals surface area contributed by atoms with E-state index in [1.165, 1.54) is 0 Å². The van der Waals surface area contributed by atoms with Gasteiger partial charge in [-0.1, -0.05) is 0 Å². The molecular formula is C17H16N2O3. The number of ether oxygens (including phenoxy) is 1. The SMILES string of the molecule is COc1ccc(NC(=O)c2ccc3c(c2)CC(=O)N3C)cc1. The highest BCUT2D eigenvalue weighted by Gasteiger charge is 2.24. The average molecular weight is 296 g/mol. The van der Waals surface area contributed by atoms with Crippen LogP contribution < -0.4 is 15.0 Å². The van der Waals surface area contributed by atoms with Gasteiger partial charge >= 0.3 is 0 Å². The molecule has 1 N–H and O–H groups in total. The van der Waals surface area contributed by atoms with Crippen LogP contribution >= 0.6 is 0 Å². The van der Waals surface area contributed by atoms with Crippen molar-refractivity contribution in [3.63, 3.8) is 0 Å². The number of anilines is 2. The smallest absolute Gasteiger partial charge is 0.255 e. The van der Waals surface area contributed by atoms with E-state index < -0.39 is 0 Å². The van der Waals surface area contributed by atoms with Crippen LogP contribution in [-0.4, -0.2) is 26.0 Å². The molecule has 0 spiro atoms. The van der Waals surface area contributed by atoms with E-state index >= 15 is 0 Å². The van der Waals surface area contributed by atoms with Gasteiger partial charge in [-0.3, -0.25) is 9.59 Å². The van der Waals surface area contributed by atoms with Crippen LogP contribution in [0.2, 0.25) is 0 Å². The molecule has 0 fully saturated rings. The van der Waals surface area contributed by atoms with Gasteiger partial charge in [0.25, 0.3) is 5.91 Å². The first kappa shape index (κ1) is 14.1. The van der Waals surface area contributed by atoms with E-state index in [1.54, 1.807) is 55.5 Å². The van der Waals surface area contributed by atoms with Crippen molar-refractivity contribution in [1.29, 1.82) is 0 Å². The van der Waals surface area contributed by atoms with E-state index in [0.29, 0.717) is 17.7 Å². The molecule has 1 aliphatic rings. The normalized spacial score (nSPS) is 13.0. The number of rotatable bonds is 3. The fourth-order valence-corrected chi connectivity index (χ4v) is 2.49. The van der Waals surface area contributed by atoms with Crippen molar-refractivity contribution in [2.24, 2.45) is 0 Å². The first-order chi connectivity index (χ1) is 10.6. The minimum absolute atomic E-state index is 0.0442. The number of hydrogen-bond acceptors (Lipinski definition) is 3. The Hall–Kier alpha value is -2.82. The summed E-state index contributed by atoms with van der Waals surface area (Å²) in [5.74, 6) is 0.578. The van der Waals surface area contributed by atoms with Gasteiger partial charge in [0, 0.05) is 24.0 Å². The Labute approximate surface area is 128 Å². The summed E-state index contributed by atoms with van der Waals surface area (Å²) in [4.78, 5) is 25.6. The number of likely N-dealkylation sites (N-methyl/N-ethyl adjacent to an activating group) is 1. The summed E-state index contributed by atoms with van der Waals surface area (Å²) >= 11 is 0. The van der Waals surface area contributed by atoms with Gasteiger partial charge in [0.05, 0.1) is 13.5 Å². The van der Waals surface area contributed by atoms with E-state index in [1.807, 2.05) is 6.07 Å². The van der Waals surface area contributed by atoms with Crippen LogP contribution in [0, 0.1) is 0 Å². The predicted octanol–water partition coefficient (Wildman–Crippen LogP) is 2.47. The molecule has 2 aromatic rings. The summed E-state index contributed by atoms with van der Waals surface area (Å²) in [6.07, 6.45) is 0.343. The topological polar surface area (TPSA) is 58.6 Å². The third-order valence-electron chi connectivity index (χ3n) is 3.77. The zero-order valence-electron chi connectivity index (χ0n) is 12.4. The fraction of sp³-hybridized carbons (Fsp3) is 0.176. The molecule has 0 bridgehead atoms. The summed E-state index contributed by atoms with van der Waals surface area (Å²) in [5.41, 5.74) is 2.98. The molecule has 0 aromatic heterocycles. The van der Waals surface area contributed by atoms with Gasteiger partial charge in [-0.05, 0) is 48.0 Å².